The highest BCUT2D eigenvalue weighted by atomic mass is 16.5. The molecule has 24 nitrogen and oxygen atoms in total. The molecule has 14 N–H and O–H groups in total. The first-order valence-electron chi connectivity index (χ1n) is 27.4. The molecule has 4 aliphatic heterocycles. The van der Waals surface area contributed by atoms with Gasteiger partial charge in [-0.15, -0.1) is 0 Å². The van der Waals surface area contributed by atoms with Crippen LogP contribution in [0, 0.1) is 11.8 Å². The fourth-order valence-electron chi connectivity index (χ4n) is 10.9. The molecule has 3 aromatic carbocycles. The number of amides is 6. The number of benzene rings is 3. The Kier molecular flexibility index (Phi) is 20.9. The molecule has 7 rings (SSSR count). The van der Waals surface area contributed by atoms with Crippen molar-refractivity contribution in [1.82, 2.24) is 36.0 Å². The van der Waals surface area contributed by atoms with Crippen molar-refractivity contribution < 1.29 is 79.5 Å². The second-order valence-electron chi connectivity index (χ2n) is 21.7. The number of phenols is 1. The Morgan fingerprint density at radius 3 is 1.85 bits per heavy atom. The third-order valence-electron chi connectivity index (χ3n) is 15.7. The van der Waals surface area contributed by atoms with Gasteiger partial charge in [0.05, 0.1) is 24.4 Å². The van der Waals surface area contributed by atoms with Crippen LogP contribution in [0.2, 0.25) is 0 Å². The summed E-state index contributed by atoms with van der Waals surface area (Å²) in [6.07, 6.45) is -11.1. The van der Waals surface area contributed by atoms with Gasteiger partial charge in [-0.3, -0.25) is 33.7 Å². The van der Waals surface area contributed by atoms with E-state index in [1.165, 1.54) is 63.8 Å². The molecule has 4 heterocycles. The molecule has 3 aromatic rings. The van der Waals surface area contributed by atoms with Crippen molar-refractivity contribution in [2.75, 3.05) is 44.6 Å². The topological polar surface area (TPSA) is 364 Å². The predicted octanol–water partition coefficient (Wildman–Crippen LogP) is -1.59. The van der Waals surface area contributed by atoms with Crippen molar-refractivity contribution in [3.05, 3.63) is 78.4 Å². The number of nitrogens with zero attached hydrogens (tertiary/aromatic N) is 3. The number of nitrogens with one attached hydrogen (secondary N) is 5. The normalized spacial score (nSPS) is 29.7. The maximum absolute atomic E-state index is 14.5. The molecular weight excluding hydrogens is 1040 g/mol. The highest BCUT2D eigenvalue weighted by molar-refractivity contribution is 5.98. The molecule has 4 saturated heterocycles. The molecule has 0 spiro atoms. The number of likely N-dealkylation sites (tertiary alicyclic amines) is 1. The number of anilines is 1. The summed E-state index contributed by atoms with van der Waals surface area (Å²) >= 11 is 0. The maximum atomic E-state index is 14.5. The molecule has 80 heavy (non-hydrogen) atoms. The van der Waals surface area contributed by atoms with Crippen LogP contribution in [-0.2, 0) is 28.8 Å². The van der Waals surface area contributed by atoms with Crippen LogP contribution in [0.4, 0.5) is 5.69 Å². The van der Waals surface area contributed by atoms with Crippen molar-refractivity contribution in [2.24, 2.45) is 11.8 Å². The van der Waals surface area contributed by atoms with Gasteiger partial charge in [0, 0.05) is 44.1 Å². The lowest BCUT2D eigenvalue weighted by Crippen LogP contribution is -2.64. The quantitative estimate of drug-likeness (QED) is 0.0865. The highest BCUT2D eigenvalue weighted by Crippen LogP contribution is 2.30. The molecule has 15 unspecified atom stereocenters. The minimum atomic E-state index is -2.26. The van der Waals surface area contributed by atoms with Crippen LogP contribution in [0.1, 0.15) is 77.9 Å². The zero-order valence-electron chi connectivity index (χ0n) is 45.4. The smallest absolute Gasteiger partial charge is 0.248 e. The molecule has 15 atom stereocenters. The lowest BCUT2D eigenvalue weighted by atomic mass is 9.92. The second kappa shape index (κ2) is 27.3. The summed E-state index contributed by atoms with van der Waals surface area (Å²) in [6, 6.07) is 8.05. The predicted molar refractivity (Wildman–Crippen MR) is 289 cm³/mol. The standard InChI is InChI=1S/C56H78N8O16/c1-5-6-32-19-21-62(22-20-32)23-24-80-39-17-11-34(12-18-39)33-7-13-36(14-8-33)57-40-26-42(69)52(75)61-54(77)46-47(70)29(2)27-64(46)56(79)44(31(4)66)59-53(76)45(49(72)48(71)35-9-15-37(67)16-10-35)60-51(74)41-25-38(68)28-63(41)55(78)43(30(3)65)58-50(40)73/h7-18,29-32,38,40-49,52,57,65-72,75H,5-6,19-28H2,1-4H3,(H,58,73)(H,59,76)(H,60,74)(H,61,77). The van der Waals surface area contributed by atoms with Gasteiger partial charge in [0.1, 0.15) is 72.7 Å². The van der Waals surface area contributed by atoms with Crippen LogP contribution >= 0.6 is 0 Å². The lowest BCUT2D eigenvalue weighted by Gasteiger charge is -2.34. The summed E-state index contributed by atoms with van der Waals surface area (Å²) in [7, 11) is 0. The average Bonchev–Trinajstić information content (AvgIpc) is 3.98. The van der Waals surface area contributed by atoms with E-state index in [-0.39, 0.29) is 17.9 Å². The summed E-state index contributed by atoms with van der Waals surface area (Å²) < 4.78 is 6.06. The fraction of sp³-hybridized carbons (Fsp3) is 0.571. The molecule has 0 bridgehead atoms. The number of aliphatic hydroxyl groups excluding tert-OH is 8. The first-order valence-corrected chi connectivity index (χ1v) is 27.4. The van der Waals surface area contributed by atoms with E-state index < -0.39 is 146 Å². The number of phenolic OH excluding ortho intramolecular Hbond substituents is 1. The summed E-state index contributed by atoms with van der Waals surface area (Å²) in [5.41, 5.74) is 1.88. The van der Waals surface area contributed by atoms with Gasteiger partial charge < -0.3 is 87.1 Å². The number of hydrogen-bond donors (Lipinski definition) is 14. The lowest BCUT2D eigenvalue weighted by molar-refractivity contribution is -0.148. The van der Waals surface area contributed by atoms with Crippen LogP contribution in [0.3, 0.4) is 0 Å². The number of carbonyl (C=O) groups excluding carboxylic acids is 6. The van der Waals surface area contributed by atoms with E-state index in [0.29, 0.717) is 18.0 Å². The van der Waals surface area contributed by atoms with E-state index in [1.807, 2.05) is 24.3 Å². The van der Waals surface area contributed by atoms with Crippen LogP contribution < -0.4 is 31.3 Å². The number of aliphatic hydroxyl groups is 8. The van der Waals surface area contributed by atoms with Crippen molar-refractivity contribution in [3.63, 3.8) is 0 Å². The first kappa shape index (κ1) is 61.1. The third kappa shape index (κ3) is 14.9. The third-order valence-corrected chi connectivity index (χ3v) is 15.7. The zero-order valence-corrected chi connectivity index (χ0v) is 45.4. The largest absolute Gasteiger partial charge is 0.508 e. The van der Waals surface area contributed by atoms with Crippen LogP contribution in [0.15, 0.2) is 72.8 Å². The molecular formula is C56H78N8O16. The van der Waals surface area contributed by atoms with Crippen molar-refractivity contribution >= 4 is 41.1 Å². The number of ether oxygens (including phenoxy) is 1. The van der Waals surface area contributed by atoms with Gasteiger partial charge in [0.15, 0.2) is 6.23 Å². The number of carbonyl (C=O) groups is 6. The molecule has 0 saturated carbocycles. The fourth-order valence-corrected chi connectivity index (χ4v) is 10.9. The minimum absolute atomic E-state index is 0.0526. The van der Waals surface area contributed by atoms with Crippen LogP contribution in [-0.4, -0.2) is 215 Å². The molecule has 0 radical (unpaired) electrons. The zero-order chi connectivity index (χ0) is 58.1. The van der Waals surface area contributed by atoms with Crippen molar-refractivity contribution in [1.29, 1.82) is 0 Å². The summed E-state index contributed by atoms with van der Waals surface area (Å²) in [5.74, 6) is -6.54. The first-order chi connectivity index (χ1) is 38.0. The number of piperidine rings is 1. The average molecular weight is 1120 g/mol. The van der Waals surface area contributed by atoms with E-state index in [4.69, 9.17) is 4.74 Å². The number of aromatic hydroxyl groups is 1. The summed E-state index contributed by atoms with van der Waals surface area (Å²) in [4.78, 5) is 90.2. The van der Waals surface area contributed by atoms with E-state index in [0.717, 1.165) is 53.4 Å². The molecule has 438 valence electrons. The van der Waals surface area contributed by atoms with Crippen molar-refractivity contribution in [2.45, 2.75) is 151 Å². The molecule has 24 heteroatoms. The Morgan fingerprint density at radius 1 is 0.675 bits per heavy atom. The second-order valence-corrected chi connectivity index (χ2v) is 21.7. The maximum Gasteiger partial charge on any atom is 0.248 e. The molecule has 0 aromatic heterocycles. The monoisotopic (exact) mass is 1120 g/mol. The highest BCUT2D eigenvalue weighted by Gasteiger charge is 2.50. The molecule has 6 amide bonds. The Bertz CT molecular complexity index is 2590. The van der Waals surface area contributed by atoms with Gasteiger partial charge >= 0.3 is 0 Å². The Hall–Kier alpha value is -6.48. The van der Waals surface area contributed by atoms with E-state index >= 15 is 0 Å². The van der Waals surface area contributed by atoms with Gasteiger partial charge in [0.25, 0.3) is 0 Å². The van der Waals surface area contributed by atoms with Crippen LogP contribution in [0.25, 0.3) is 11.1 Å². The number of hydrogen-bond acceptors (Lipinski definition) is 18. The SMILES string of the molecule is CCCC1CCN(CCOc2ccc(-c3ccc(NC4CC(O)C(O)NC(=O)C5C(O)C(C)CN5C(=O)C(C(C)O)NC(=O)C(C(O)C(O)c5ccc(O)cc5)NC(=O)C5CC(O)CN5C(=O)C(C(C)O)NC4=O)cc3)cc2)CC1. The van der Waals surface area contributed by atoms with Gasteiger partial charge in [0.2, 0.25) is 35.4 Å². The van der Waals surface area contributed by atoms with E-state index in [1.54, 1.807) is 24.3 Å². The van der Waals surface area contributed by atoms with Crippen LogP contribution in [0.5, 0.6) is 11.5 Å². The molecule has 0 aliphatic carbocycles. The van der Waals surface area contributed by atoms with E-state index in [9.17, 15) is 74.7 Å². The summed E-state index contributed by atoms with van der Waals surface area (Å²) in [6.45, 7) is 8.65. The minimum Gasteiger partial charge on any atom is -0.508 e. The van der Waals surface area contributed by atoms with Gasteiger partial charge in [-0.1, -0.05) is 63.1 Å². The van der Waals surface area contributed by atoms with Crippen molar-refractivity contribution in [3.8, 4) is 22.6 Å². The Labute approximate surface area is 464 Å². The Morgan fingerprint density at radius 2 is 1.25 bits per heavy atom. The number of rotatable bonds is 14. The Balaban J connectivity index is 1.16. The van der Waals surface area contributed by atoms with Gasteiger partial charge in [-0.05, 0) is 98.8 Å². The van der Waals surface area contributed by atoms with E-state index in [2.05, 4.69) is 38.4 Å². The number of fused-ring (bicyclic) bond motifs is 2. The van der Waals surface area contributed by atoms with Gasteiger partial charge in [-0.2, -0.15) is 0 Å². The van der Waals surface area contributed by atoms with Gasteiger partial charge in [-0.25, -0.2) is 0 Å². The molecule has 4 aliphatic rings. The molecule has 4 fully saturated rings. The summed E-state index contributed by atoms with van der Waals surface area (Å²) in [5, 5.41) is 112.